The minimum atomic E-state index is -0.140. The van der Waals surface area contributed by atoms with E-state index in [1.807, 2.05) is 0 Å². The number of fused-ring (bicyclic) bond motifs is 8. The lowest BCUT2D eigenvalue weighted by molar-refractivity contribution is 0.660. The molecule has 0 radical (unpaired) electrons. The van der Waals surface area contributed by atoms with Crippen molar-refractivity contribution in [1.82, 2.24) is 0 Å². The van der Waals surface area contributed by atoms with E-state index in [0.717, 1.165) is 11.4 Å². The number of benzene rings is 9. The van der Waals surface area contributed by atoms with Gasteiger partial charge in [-0.15, -0.1) is 0 Å². The first-order chi connectivity index (χ1) is 27.8. The average Bonchev–Trinajstić information content (AvgIpc) is 3.63. The lowest BCUT2D eigenvalue weighted by Crippen LogP contribution is -2.18. The monoisotopic (exact) mass is 729 g/mol. The summed E-state index contributed by atoms with van der Waals surface area (Å²) in [4.78, 5) is 2.57. The van der Waals surface area contributed by atoms with Gasteiger partial charge in [0.25, 0.3) is 0 Å². The Balaban J connectivity index is 1.22. The van der Waals surface area contributed by atoms with E-state index in [0.29, 0.717) is 0 Å². The van der Waals surface area contributed by atoms with Gasteiger partial charge >= 0.3 is 0 Å². The normalized spacial score (nSPS) is 14.2. The van der Waals surface area contributed by atoms with E-state index in [4.69, 9.17) is 0 Å². The fourth-order valence-electron chi connectivity index (χ4n) is 10.1. The van der Waals surface area contributed by atoms with Crippen molar-refractivity contribution in [3.8, 4) is 44.5 Å². The molecule has 0 unspecified atom stereocenters. The molecule has 0 atom stereocenters. The molecule has 57 heavy (non-hydrogen) atoms. The van der Waals surface area contributed by atoms with Crippen molar-refractivity contribution in [3.63, 3.8) is 0 Å². The summed E-state index contributed by atoms with van der Waals surface area (Å²) in [5.41, 5.74) is 18.8. The molecule has 2 aliphatic rings. The van der Waals surface area contributed by atoms with E-state index in [9.17, 15) is 0 Å². The van der Waals surface area contributed by atoms with E-state index in [2.05, 4.69) is 221 Å². The second-order valence-corrected chi connectivity index (χ2v) is 16.9. The highest BCUT2D eigenvalue weighted by Gasteiger charge is 2.39. The molecule has 0 N–H and O–H groups in total. The maximum absolute atomic E-state index is 2.57. The quantitative estimate of drug-likeness (QED) is 0.170. The Morgan fingerprint density at radius 3 is 1.75 bits per heavy atom. The van der Waals surface area contributed by atoms with Crippen LogP contribution in [0.4, 0.5) is 17.1 Å². The SMILES string of the molecule is CC1(C)c2ccccc2-c2ccc(N(c3ccc(-c4ccc5ccccc5c4)cc3-c3cccc4ccccc34)c3cccc4c3-c3ccccc3C4(C)C)cc21. The molecule has 0 amide bonds. The predicted octanol–water partition coefficient (Wildman–Crippen LogP) is 15.4. The fraction of sp³-hybridized carbons (Fsp3) is 0.107. The van der Waals surface area contributed by atoms with Crippen molar-refractivity contribution in [2.75, 3.05) is 4.90 Å². The zero-order chi connectivity index (χ0) is 38.5. The van der Waals surface area contributed by atoms with Crippen LogP contribution in [0.2, 0.25) is 0 Å². The summed E-state index contributed by atoms with van der Waals surface area (Å²) in [6, 6.07) is 70.3. The summed E-state index contributed by atoms with van der Waals surface area (Å²) in [6.45, 7) is 9.51. The molecule has 272 valence electrons. The Morgan fingerprint density at radius 1 is 0.333 bits per heavy atom. The third kappa shape index (κ3) is 5.02. The maximum atomic E-state index is 2.57. The first kappa shape index (κ1) is 33.6. The van der Waals surface area contributed by atoms with Crippen LogP contribution in [0.3, 0.4) is 0 Å². The van der Waals surface area contributed by atoms with Gasteiger partial charge < -0.3 is 4.90 Å². The largest absolute Gasteiger partial charge is 0.309 e. The second kappa shape index (κ2) is 12.4. The number of nitrogens with zero attached hydrogens (tertiary/aromatic N) is 1. The van der Waals surface area contributed by atoms with Gasteiger partial charge in [-0.05, 0) is 114 Å². The van der Waals surface area contributed by atoms with E-state index in [1.165, 1.54) is 94.0 Å². The van der Waals surface area contributed by atoms with Crippen molar-refractivity contribution < 1.29 is 0 Å². The van der Waals surface area contributed by atoms with Crippen molar-refractivity contribution >= 4 is 38.6 Å². The Hall–Kier alpha value is -6.70. The minimum Gasteiger partial charge on any atom is -0.309 e. The molecule has 0 saturated carbocycles. The molecule has 0 heterocycles. The molecule has 11 rings (SSSR count). The smallest absolute Gasteiger partial charge is 0.0543 e. The van der Waals surface area contributed by atoms with E-state index >= 15 is 0 Å². The Bertz CT molecular complexity index is 3080. The molecule has 0 saturated heterocycles. The van der Waals surface area contributed by atoms with Crippen LogP contribution in [-0.2, 0) is 10.8 Å². The number of hydrogen-bond donors (Lipinski definition) is 0. The van der Waals surface area contributed by atoms with E-state index in [1.54, 1.807) is 0 Å². The topological polar surface area (TPSA) is 3.24 Å². The first-order valence-electron chi connectivity index (χ1n) is 20.2. The lowest BCUT2D eigenvalue weighted by atomic mass is 9.82. The fourth-order valence-corrected chi connectivity index (χ4v) is 10.1. The summed E-state index contributed by atoms with van der Waals surface area (Å²) in [7, 11) is 0. The van der Waals surface area contributed by atoms with Crippen LogP contribution in [0.1, 0.15) is 49.9 Å². The van der Waals surface area contributed by atoms with Gasteiger partial charge in [0.1, 0.15) is 0 Å². The molecule has 9 aromatic rings. The van der Waals surface area contributed by atoms with E-state index in [-0.39, 0.29) is 10.8 Å². The van der Waals surface area contributed by atoms with Gasteiger partial charge in [0.15, 0.2) is 0 Å². The van der Waals surface area contributed by atoms with Gasteiger partial charge in [-0.3, -0.25) is 0 Å². The molecule has 0 aromatic heterocycles. The summed E-state index contributed by atoms with van der Waals surface area (Å²) >= 11 is 0. The molecule has 1 nitrogen and oxygen atoms in total. The Morgan fingerprint density at radius 2 is 0.912 bits per heavy atom. The molecule has 9 aromatic carbocycles. The Labute approximate surface area is 335 Å². The summed E-state index contributed by atoms with van der Waals surface area (Å²) in [5.74, 6) is 0. The van der Waals surface area contributed by atoms with Gasteiger partial charge in [-0.25, -0.2) is 0 Å². The molecule has 2 aliphatic carbocycles. The molecule has 0 aliphatic heterocycles. The second-order valence-electron chi connectivity index (χ2n) is 16.9. The van der Waals surface area contributed by atoms with Crippen LogP contribution in [0.5, 0.6) is 0 Å². The predicted molar refractivity (Wildman–Crippen MR) is 242 cm³/mol. The van der Waals surface area contributed by atoms with Gasteiger partial charge in [-0.1, -0.05) is 179 Å². The van der Waals surface area contributed by atoms with Gasteiger partial charge in [0, 0.05) is 27.6 Å². The highest BCUT2D eigenvalue weighted by molar-refractivity contribution is 6.05. The first-order valence-corrected chi connectivity index (χ1v) is 20.2. The molecule has 0 spiro atoms. The zero-order valence-corrected chi connectivity index (χ0v) is 32.8. The number of rotatable bonds is 5. The average molecular weight is 730 g/mol. The summed E-state index contributed by atoms with van der Waals surface area (Å²) < 4.78 is 0. The van der Waals surface area contributed by atoms with E-state index < -0.39 is 0 Å². The van der Waals surface area contributed by atoms with Gasteiger partial charge in [0.05, 0.1) is 11.4 Å². The zero-order valence-electron chi connectivity index (χ0n) is 32.8. The molecule has 0 bridgehead atoms. The third-order valence-electron chi connectivity index (χ3n) is 13.1. The minimum absolute atomic E-state index is 0.131. The van der Waals surface area contributed by atoms with Gasteiger partial charge in [-0.2, -0.15) is 0 Å². The summed E-state index contributed by atoms with van der Waals surface area (Å²) in [6.07, 6.45) is 0. The molecule has 1 heteroatoms. The standard InChI is InChI=1S/C56H43N/c1-55(2)49-24-12-10-21-46(49)54-50(55)25-14-26-53(54)57(41-30-31-45-44-20-9-11-23-48(44)56(3,4)51(45)35-41)52-32-29-40(39-28-27-36-15-5-6-17-38(36)33-39)34-47(52)43-22-13-18-37-16-7-8-19-42(37)43/h5-35H,1-4H3. The van der Waals surface area contributed by atoms with Crippen molar-refractivity contribution in [3.05, 3.63) is 210 Å². The Kier molecular flexibility index (Phi) is 7.32. The highest BCUT2D eigenvalue weighted by atomic mass is 15.1. The highest BCUT2D eigenvalue weighted by Crippen LogP contribution is 2.57. The van der Waals surface area contributed by atoms with Crippen LogP contribution >= 0.6 is 0 Å². The van der Waals surface area contributed by atoms with Crippen LogP contribution in [0.15, 0.2) is 188 Å². The summed E-state index contributed by atoms with van der Waals surface area (Å²) in [5, 5.41) is 4.97. The third-order valence-corrected chi connectivity index (χ3v) is 13.1. The van der Waals surface area contributed by atoms with Crippen molar-refractivity contribution in [2.24, 2.45) is 0 Å². The number of hydrogen-bond acceptors (Lipinski definition) is 1. The van der Waals surface area contributed by atoms with Crippen LogP contribution in [-0.4, -0.2) is 0 Å². The molecule has 0 fully saturated rings. The van der Waals surface area contributed by atoms with Crippen LogP contribution < -0.4 is 4.90 Å². The molecular weight excluding hydrogens is 687 g/mol. The maximum Gasteiger partial charge on any atom is 0.0543 e. The number of anilines is 3. The van der Waals surface area contributed by atoms with Gasteiger partial charge in [0.2, 0.25) is 0 Å². The van der Waals surface area contributed by atoms with Crippen molar-refractivity contribution in [2.45, 2.75) is 38.5 Å². The lowest BCUT2D eigenvalue weighted by Gasteiger charge is -2.32. The molecular formula is C56H43N. The van der Waals surface area contributed by atoms with Crippen LogP contribution in [0, 0.1) is 0 Å². The van der Waals surface area contributed by atoms with Crippen molar-refractivity contribution in [1.29, 1.82) is 0 Å². The van der Waals surface area contributed by atoms with Crippen LogP contribution in [0.25, 0.3) is 66.1 Å².